The van der Waals surface area contributed by atoms with Gasteiger partial charge in [-0.1, -0.05) is 12.1 Å². The van der Waals surface area contributed by atoms with Crippen LogP contribution in [0.5, 0.6) is 0 Å². The summed E-state index contributed by atoms with van der Waals surface area (Å²) >= 11 is 0. The van der Waals surface area contributed by atoms with Crippen molar-refractivity contribution in [1.82, 2.24) is 0 Å². The number of aliphatic imine (C=N–C) groups is 1. The van der Waals surface area contributed by atoms with Crippen molar-refractivity contribution in [3.05, 3.63) is 35.6 Å². The summed E-state index contributed by atoms with van der Waals surface area (Å²) in [5.41, 5.74) is -0.150. The molecular weight excluding hydrogens is 197 g/mol. The highest BCUT2D eigenvalue weighted by atomic mass is 19.1. The summed E-state index contributed by atoms with van der Waals surface area (Å²) in [6, 6.07) is 6.03. The Hall–Kier alpha value is -1.51. The highest BCUT2D eigenvalue weighted by Gasteiger charge is 2.26. The van der Waals surface area contributed by atoms with E-state index in [9.17, 15) is 9.18 Å². The number of isocyanates is 1. The first-order valence-electron chi connectivity index (χ1n) is 4.47. The molecule has 0 aromatic heterocycles. The normalized spacial score (nSPS) is 14.1. The van der Waals surface area contributed by atoms with Crippen LogP contribution in [0.2, 0.25) is 0 Å². The molecule has 1 aromatic rings. The largest absolute Gasteiger partial charge is 0.372 e. The zero-order valence-corrected chi connectivity index (χ0v) is 8.66. The molecule has 0 aliphatic rings. The number of nitrogens with zero attached hydrogens (tertiary/aromatic N) is 1. The Kier molecular flexibility index (Phi) is 3.72. The molecule has 1 aromatic carbocycles. The molecule has 0 radical (unpaired) electrons. The number of hydrogen-bond acceptors (Lipinski definition) is 3. The minimum atomic E-state index is -0.792. The fraction of sp³-hybridized carbons (Fsp3) is 0.364. The summed E-state index contributed by atoms with van der Waals surface area (Å²) in [7, 11) is 1.49. The molecule has 1 rings (SSSR count). The predicted molar refractivity (Wildman–Crippen MR) is 53.7 cm³/mol. The van der Waals surface area contributed by atoms with Crippen LogP contribution in [-0.2, 0) is 15.1 Å². The Morgan fingerprint density at radius 1 is 1.60 bits per heavy atom. The molecule has 4 heteroatoms. The molecule has 3 nitrogen and oxygen atoms in total. The van der Waals surface area contributed by atoms with Gasteiger partial charge < -0.3 is 4.74 Å². The molecule has 0 saturated heterocycles. The summed E-state index contributed by atoms with van der Waals surface area (Å²) in [6.45, 7) is 1.86. The van der Waals surface area contributed by atoms with Crippen molar-refractivity contribution < 1.29 is 13.9 Å². The lowest BCUT2D eigenvalue weighted by molar-refractivity contribution is 0.0103. The number of carbonyl (C=O) groups excluding carboxylic acids is 1. The Balaban J connectivity index is 3.04. The van der Waals surface area contributed by atoms with Crippen molar-refractivity contribution in [2.45, 2.75) is 12.5 Å². The summed E-state index contributed by atoms with van der Waals surface area (Å²) in [5.74, 6) is -0.342. The van der Waals surface area contributed by atoms with Gasteiger partial charge in [-0.05, 0) is 24.6 Å². The number of benzene rings is 1. The van der Waals surface area contributed by atoms with Gasteiger partial charge in [-0.15, -0.1) is 0 Å². The molecule has 0 saturated carbocycles. The van der Waals surface area contributed by atoms with Crippen LogP contribution in [0.15, 0.2) is 29.3 Å². The third-order valence-corrected chi connectivity index (χ3v) is 2.33. The van der Waals surface area contributed by atoms with Gasteiger partial charge in [0, 0.05) is 7.11 Å². The van der Waals surface area contributed by atoms with E-state index in [-0.39, 0.29) is 12.4 Å². The van der Waals surface area contributed by atoms with Gasteiger partial charge in [0.2, 0.25) is 6.08 Å². The average Bonchev–Trinajstić information content (AvgIpc) is 2.26. The van der Waals surface area contributed by atoms with E-state index in [4.69, 9.17) is 4.74 Å². The van der Waals surface area contributed by atoms with Crippen LogP contribution in [-0.4, -0.2) is 19.7 Å². The fourth-order valence-electron chi connectivity index (χ4n) is 1.27. The van der Waals surface area contributed by atoms with Crippen LogP contribution < -0.4 is 0 Å². The van der Waals surface area contributed by atoms with E-state index in [0.29, 0.717) is 5.56 Å². The minimum absolute atomic E-state index is 0.121. The maximum atomic E-state index is 13.0. The zero-order chi connectivity index (χ0) is 11.3. The highest BCUT2D eigenvalue weighted by molar-refractivity contribution is 5.34. The molecule has 80 valence electrons. The van der Waals surface area contributed by atoms with E-state index >= 15 is 0 Å². The van der Waals surface area contributed by atoms with Gasteiger partial charge in [-0.2, -0.15) is 0 Å². The molecule has 0 bridgehead atoms. The minimum Gasteiger partial charge on any atom is -0.372 e. The molecule has 0 amide bonds. The van der Waals surface area contributed by atoms with Crippen molar-refractivity contribution in [3.8, 4) is 0 Å². The van der Waals surface area contributed by atoms with Gasteiger partial charge in [0.1, 0.15) is 11.4 Å². The van der Waals surface area contributed by atoms with Crippen LogP contribution in [0.1, 0.15) is 12.5 Å². The van der Waals surface area contributed by atoms with E-state index in [1.165, 1.54) is 25.3 Å². The second-order valence-electron chi connectivity index (χ2n) is 3.35. The van der Waals surface area contributed by atoms with E-state index in [2.05, 4.69) is 4.99 Å². The third kappa shape index (κ3) is 2.72. The molecular formula is C11H12FNO2. The van der Waals surface area contributed by atoms with Gasteiger partial charge in [-0.3, -0.25) is 0 Å². The third-order valence-electron chi connectivity index (χ3n) is 2.33. The molecule has 15 heavy (non-hydrogen) atoms. The monoisotopic (exact) mass is 209 g/mol. The lowest BCUT2D eigenvalue weighted by atomic mass is 9.96. The van der Waals surface area contributed by atoms with E-state index in [0.717, 1.165) is 0 Å². The summed E-state index contributed by atoms with van der Waals surface area (Å²) < 4.78 is 18.2. The molecule has 0 aliphatic heterocycles. The van der Waals surface area contributed by atoms with Crippen LogP contribution in [0, 0.1) is 5.82 Å². The van der Waals surface area contributed by atoms with Crippen LogP contribution in [0.4, 0.5) is 4.39 Å². The Morgan fingerprint density at radius 2 is 2.33 bits per heavy atom. The maximum absolute atomic E-state index is 13.0. The van der Waals surface area contributed by atoms with Crippen molar-refractivity contribution in [3.63, 3.8) is 0 Å². The zero-order valence-electron chi connectivity index (χ0n) is 8.66. The summed E-state index contributed by atoms with van der Waals surface area (Å²) in [4.78, 5) is 13.5. The lowest BCUT2D eigenvalue weighted by Gasteiger charge is -2.26. The highest BCUT2D eigenvalue weighted by Crippen LogP contribution is 2.25. The van der Waals surface area contributed by atoms with Gasteiger partial charge in [0.25, 0.3) is 0 Å². The van der Waals surface area contributed by atoms with Gasteiger partial charge >= 0.3 is 0 Å². The topological polar surface area (TPSA) is 38.7 Å². The molecule has 0 N–H and O–H groups in total. The van der Waals surface area contributed by atoms with E-state index < -0.39 is 5.60 Å². The first kappa shape index (κ1) is 11.6. The second kappa shape index (κ2) is 4.82. The van der Waals surface area contributed by atoms with Gasteiger partial charge in [-0.25, -0.2) is 14.2 Å². The van der Waals surface area contributed by atoms with Gasteiger partial charge in [0.05, 0.1) is 6.54 Å². The summed E-state index contributed by atoms with van der Waals surface area (Å²) in [5, 5.41) is 0. The molecule has 0 aliphatic carbocycles. The quantitative estimate of drug-likeness (QED) is 0.562. The molecule has 0 spiro atoms. The second-order valence-corrected chi connectivity index (χ2v) is 3.35. The number of rotatable bonds is 4. The summed E-state index contributed by atoms with van der Waals surface area (Å²) in [6.07, 6.45) is 1.44. The van der Waals surface area contributed by atoms with E-state index in [1.807, 2.05) is 0 Å². The van der Waals surface area contributed by atoms with Crippen LogP contribution in [0.25, 0.3) is 0 Å². The SMILES string of the molecule is COC(C)(CN=C=O)c1cccc(F)c1. The number of ether oxygens (including phenoxy) is 1. The molecule has 0 fully saturated rings. The fourth-order valence-corrected chi connectivity index (χ4v) is 1.27. The molecule has 1 unspecified atom stereocenters. The van der Waals surface area contributed by atoms with Gasteiger partial charge in [0.15, 0.2) is 0 Å². The first-order valence-corrected chi connectivity index (χ1v) is 4.47. The van der Waals surface area contributed by atoms with Crippen molar-refractivity contribution >= 4 is 6.08 Å². The molecule has 0 heterocycles. The van der Waals surface area contributed by atoms with Crippen molar-refractivity contribution in [2.75, 3.05) is 13.7 Å². The lowest BCUT2D eigenvalue weighted by Crippen LogP contribution is -2.28. The molecule has 1 atom stereocenters. The average molecular weight is 209 g/mol. The maximum Gasteiger partial charge on any atom is 0.235 e. The van der Waals surface area contributed by atoms with Crippen molar-refractivity contribution in [2.24, 2.45) is 4.99 Å². The predicted octanol–water partition coefficient (Wildman–Crippen LogP) is 2.02. The number of methoxy groups -OCH3 is 1. The van der Waals surface area contributed by atoms with Crippen LogP contribution >= 0.6 is 0 Å². The Bertz CT molecular complexity index is 388. The van der Waals surface area contributed by atoms with E-state index in [1.54, 1.807) is 19.1 Å². The number of halogens is 1. The van der Waals surface area contributed by atoms with Crippen molar-refractivity contribution in [1.29, 1.82) is 0 Å². The number of hydrogen-bond donors (Lipinski definition) is 0. The van der Waals surface area contributed by atoms with Crippen LogP contribution in [0.3, 0.4) is 0 Å². The standard InChI is InChI=1S/C11H12FNO2/c1-11(15-2,7-13-8-14)9-4-3-5-10(12)6-9/h3-6H,7H2,1-2H3. The smallest absolute Gasteiger partial charge is 0.235 e. The Labute approximate surface area is 87.6 Å². The first-order chi connectivity index (χ1) is 7.12. The Morgan fingerprint density at radius 3 is 2.87 bits per heavy atom.